The van der Waals surface area contributed by atoms with Crippen LogP contribution >= 0.6 is 0 Å². The zero-order valence-corrected chi connectivity index (χ0v) is 10.5. The molecule has 2 rings (SSSR count). The molecule has 0 saturated carbocycles. The molecule has 0 unspecified atom stereocenters. The molecule has 1 heterocycles. The van der Waals surface area contributed by atoms with Crippen molar-refractivity contribution in [3.8, 4) is 0 Å². The van der Waals surface area contributed by atoms with Crippen molar-refractivity contribution in [3.05, 3.63) is 53.0 Å². The highest BCUT2D eigenvalue weighted by molar-refractivity contribution is 5.74. The molecule has 0 aliphatic heterocycles. The van der Waals surface area contributed by atoms with E-state index in [0.29, 0.717) is 6.54 Å². The van der Waals surface area contributed by atoms with Crippen LogP contribution in [0.2, 0.25) is 0 Å². The number of hydrogen-bond donors (Lipinski definition) is 1. The predicted octanol–water partition coefficient (Wildman–Crippen LogP) is 1.56. The minimum atomic E-state index is -0.0913. The Labute approximate surface area is 106 Å². The quantitative estimate of drug-likeness (QED) is 0.811. The van der Waals surface area contributed by atoms with E-state index in [1.807, 2.05) is 31.2 Å². The second kappa shape index (κ2) is 5.60. The number of hydrogen-bond acceptors (Lipinski definition) is 3. The van der Waals surface area contributed by atoms with Crippen LogP contribution in [0, 0.1) is 0 Å². The number of fused-ring (bicyclic) bond motifs is 1. The summed E-state index contributed by atoms with van der Waals surface area (Å²) in [5.74, 6) is 0. The molecule has 1 aromatic carbocycles. The standard InChI is InChI=1S/C14H17N3O/c1-3-15-8-11(2)10-17-13-7-5-4-6-12(13)16-9-14(17)18/h4-7,9,15H,2-3,8,10H2,1H3. The Morgan fingerprint density at radius 1 is 1.44 bits per heavy atom. The molecule has 0 atom stereocenters. The van der Waals surface area contributed by atoms with Gasteiger partial charge in [0.05, 0.1) is 17.2 Å². The third kappa shape index (κ3) is 2.65. The van der Waals surface area contributed by atoms with E-state index in [2.05, 4.69) is 16.9 Å². The molecule has 1 aromatic heterocycles. The highest BCUT2D eigenvalue weighted by atomic mass is 16.1. The summed E-state index contributed by atoms with van der Waals surface area (Å²) in [6.45, 7) is 8.17. The normalized spacial score (nSPS) is 10.7. The van der Waals surface area contributed by atoms with E-state index in [1.54, 1.807) is 4.57 Å². The second-order valence-electron chi connectivity index (χ2n) is 4.20. The molecule has 0 radical (unpaired) electrons. The lowest BCUT2D eigenvalue weighted by Crippen LogP contribution is -2.25. The molecule has 4 heteroatoms. The summed E-state index contributed by atoms with van der Waals surface area (Å²) in [4.78, 5) is 16.0. The van der Waals surface area contributed by atoms with Crippen LogP contribution in [0.1, 0.15) is 6.92 Å². The minimum Gasteiger partial charge on any atom is -0.313 e. The first-order valence-electron chi connectivity index (χ1n) is 6.04. The number of nitrogens with zero attached hydrogens (tertiary/aromatic N) is 2. The Bertz CT molecular complexity index is 616. The number of likely N-dealkylation sites (N-methyl/N-ethyl adjacent to an activating group) is 1. The van der Waals surface area contributed by atoms with E-state index in [9.17, 15) is 4.79 Å². The summed E-state index contributed by atoms with van der Waals surface area (Å²) in [6.07, 6.45) is 1.36. The second-order valence-corrected chi connectivity index (χ2v) is 4.20. The Morgan fingerprint density at radius 3 is 3.00 bits per heavy atom. The zero-order valence-electron chi connectivity index (χ0n) is 10.5. The molecular weight excluding hydrogens is 226 g/mol. The van der Waals surface area contributed by atoms with Gasteiger partial charge in [-0.25, -0.2) is 4.98 Å². The lowest BCUT2D eigenvalue weighted by molar-refractivity contribution is 0.701. The minimum absolute atomic E-state index is 0.0913. The van der Waals surface area contributed by atoms with E-state index >= 15 is 0 Å². The van der Waals surface area contributed by atoms with Crippen LogP contribution in [0.25, 0.3) is 11.0 Å². The first kappa shape index (κ1) is 12.5. The maximum absolute atomic E-state index is 11.9. The fourth-order valence-corrected chi connectivity index (χ4v) is 1.86. The van der Waals surface area contributed by atoms with Crippen molar-refractivity contribution in [2.24, 2.45) is 0 Å². The largest absolute Gasteiger partial charge is 0.313 e. The molecule has 1 N–H and O–H groups in total. The van der Waals surface area contributed by atoms with Gasteiger partial charge in [-0.15, -0.1) is 0 Å². The van der Waals surface area contributed by atoms with Gasteiger partial charge in [0.1, 0.15) is 0 Å². The van der Waals surface area contributed by atoms with Crippen molar-refractivity contribution < 1.29 is 0 Å². The third-order valence-electron chi connectivity index (χ3n) is 2.76. The first-order chi connectivity index (χ1) is 8.72. The topological polar surface area (TPSA) is 46.9 Å². The fourth-order valence-electron chi connectivity index (χ4n) is 1.86. The lowest BCUT2D eigenvalue weighted by Gasteiger charge is -2.11. The van der Waals surface area contributed by atoms with E-state index < -0.39 is 0 Å². The van der Waals surface area contributed by atoms with Gasteiger partial charge in [-0.3, -0.25) is 4.79 Å². The van der Waals surface area contributed by atoms with Gasteiger partial charge in [-0.1, -0.05) is 25.6 Å². The molecule has 94 valence electrons. The Kier molecular flexibility index (Phi) is 3.89. The Balaban J connectivity index is 2.35. The van der Waals surface area contributed by atoms with Gasteiger partial charge in [0.2, 0.25) is 0 Å². The number of aromatic nitrogens is 2. The molecule has 0 aliphatic rings. The molecule has 0 saturated heterocycles. The van der Waals surface area contributed by atoms with Crippen molar-refractivity contribution in [1.29, 1.82) is 0 Å². The Morgan fingerprint density at radius 2 is 2.22 bits per heavy atom. The number of para-hydroxylation sites is 2. The summed E-state index contributed by atoms with van der Waals surface area (Å²) in [6, 6.07) is 7.63. The third-order valence-corrected chi connectivity index (χ3v) is 2.76. The summed E-state index contributed by atoms with van der Waals surface area (Å²) in [5.41, 5.74) is 2.57. The highest BCUT2D eigenvalue weighted by Crippen LogP contribution is 2.09. The van der Waals surface area contributed by atoms with Crippen LogP contribution < -0.4 is 10.9 Å². The average Bonchev–Trinajstić information content (AvgIpc) is 2.40. The van der Waals surface area contributed by atoms with E-state index in [4.69, 9.17) is 0 Å². The molecule has 0 aliphatic carbocycles. The van der Waals surface area contributed by atoms with Crippen molar-refractivity contribution >= 4 is 11.0 Å². The van der Waals surface area contributed by atoms with E-state index in [0.717, 1.165) is 29.7 Å². The maximum atomic E-state index is 11.9. The van der Waals surface area contributed by atoms with Gasteiger partial charge < -0.3 is 9.88 Å². The number of rotatable bonds is 5. The van der Waals surface area contributed by atoms with Gasteiger partial charge >= 0.3 is 0 Å². The summed E-state index contributed by atoms with van der Waals surface area (Å²) in [7, 11) is 0. The highest BCUT2D eigenvalue weighted by Gasteiger charge is 2.04. The first-order valence-corrected chi connectivity index (χ1v) is 6.04. The summed E-state index contributed by atoms with van der Waals surface area (Å²) < 4.78 is 1.71. The van der Waals surface area contributed by atoms with Crippen molar-refractivity contribution in [3.63, 3.8) is 0 Å². The van der Waals surface area contributed by atoms with Crippen molar-refractivity contribution in [2.45, 2.75) is 13.5 Å². The van der Waals surface area contributed by atoms with Crippen LogP contribution in [-0.2, 0) is 6.54 Å². The monoisotopic (exact) mass is 243 g/mol. The maximum Gasteiger partial charge on any atom is 0.269 e. The van der Waals surface area contributed by atoms with Crippen LogP contribution in [0.3, 0.4) is 0 Å². The van der Waals surface area contributed by atoms with Crippen LogP contribution in [0.4, 0.5) is 0 Å². The molecule has 18 heavy (non-hydrogen) atoms. The lowest BCUT2D eigenvalue weighted by atomic mass is 10.2. The van der Waals surface area contributed by atoms with Crippen LogP contribution in [0.15, 0.2) is 47.4 Å². The van der Waals surface area contributed by atoms with Gasteiger partial charge in [-0.2, -0.15) is 0 Å². The molecule has 4 nitrogen and oxygen atoms in total. The van der Waals surface area contributed by atoms with E-state index in [1.165, 1.54) is 6.20 Å². The van der Waals surface area contributed by atoms with Crippen LogP contribution in [-0.4, -0.2) is 22.6 Å². The molecule has 0 spiro atoms. The molecule has 2 aromatic rings. The number of nitrogens with one attached hydrogen (secondary N) is 1. The SMILES string of the molecule is C=C(CNCC)Cn1c(=O)cnc2ccccc21. The van der Waals surface area contributed by atoms with Crippen LogP contribution in [0.5, 0.6) is 0 Å². The molecule has 0 amide bonds. The Hall–Kier alpha value is -1.94. The predicted molar refractivity (Wildman–Crippen MR) is 73.7 cm³/mol. The zero-order chi connectivity index (χ0) is 13.0. The summed E-state index contributed by atoms with van der Waals surface area (Å²) in [5, 5.41) is 3.21. The average molecular weight is 243 g/mol. The smallest absolute Gasteiger partial charge is 0.269 e. The molecule has 0 fully saturated rings. The van der Waals surface area contributed by atoms with Gasteiger partial charge in [0, 0.05) is 13.1 Å². The molecular formula is C14H17N3O. The number of benzene rings is 1. The fraction of sp³-hybridized carbons (Fsp3) is 0.286. The van der Waals surface area contributed by atoms with Crippen molar-refractivity contribution in [2.75, 3.05) is 13.1 Å². The van der Waals surface area contributed by atoms with Crippen molar-refractivity contribution in [1.82, 2.24) is 14.9 Å². The summed E-state index contributed by atoms with van der Waals surface area (Å²) >= 11 is 0. The molecule has 0 bridgehead atoms. The van der Waals surface area contributed by atoms with Gasteiger partial charge in [0.25, 0.3) is 5.56 Å². The van der Waals surface area contributed by atoms with E-state index in [-0.39, 0.29) is 5.56 Å². The van der Waals surface area contributed by atoms with Gasteiger partial charge in [-0.05, 0) is 24.3 Å². The van der Waals surface area contributed by atoms with Gasteiger partial charge in [0.15, 0.2) is 0 Å².